The Bertz CT molecular complexity index is 157. The fourth-order valence-corrected chi connectivity index (χ4v) is 0.896. The lowest BCUT2D eigenvalue weighted by atomic mass is 10.1. The Labute approximate surface area is 79.3 Å². The van der Waals surface area contributed by atoms with E-state index in [-0.39, 0.29) is 18.1 Å². The summed E-state index contributed by atoms with van der Waals surface area (Å²) in [6, 6.07) is 0. The number of aliphatic hydroxyl groups excluding tert-OH is 1. The molecular weight excluding hydrogens is 170 g/mol. The molecule has 2 N–H and O–H groups in total. The molecule has 0 radical (unpaired) electrons. The predicted molar refractivity (Wildman–Crippen MR) is 50.4 cm³/mol. The van der Waals surface area contributed by atoms with Gasteiger partial charge in [0.1, 0.15) is 0 Å². The molecule has 4 heteroatoms. The minimum Gasteiger partial charge on any atom is -0.396 e. The molecule has 13 heavy (non-hydrogen) atoms. The predicted octanol–water partition coefficient (Wildman–Crippen LogP) is 0.300. The lowest BCUT2D eigenvalue weighted by molar-refractivity contribution is -0.119. The zero-order chi connectivity index (χ0) is 10.3. The normalized spacial score (nSPS) is 11.4. The summed E-state index contributed by atoms with van der Waals surface area (Å²) in [6.45, 7) is 6.41. The van der Waals surface area contributed by atoms with Crippen molar-refractivity contribution in [2.45, 2.75) is 32.8 Å². The van der Waals surface area contributed by atoms with Gasteiger partial charge in [-0.25, -0.2) is 0 Å². The van der Waals surface area contributed by atoms with E-state index < -0.39 is 0 Å². The van der Waals surface area contributed by atoms with Crippen molar-refractivity contribution in [2.75, 3.05) is 19.8 Å². The molecule has 0 saturated carbocycles. The van der Waals surface area contributed by atoms with Crippen molar-refractivity contribution < 1.29 is 14.6 Å². The van der Waals surface area contributed by atoms with E-state index in [1.165, 1.54) is 6.92 Å². The second-order valence-electron chi connectivity index (χ2n) is 3.56. The van der Waals surface area contributed by atoms with Crippen molar-refractivity contribution in [3.8, 4) is 0 Å². The molecule has 0 rings (SSSR count). The number of nitrogens with one attached hydrogen (secondary N) is 1. The molecule has 0 aliphatic carbocycles. The van der Waals surface area contributed by atoms with Crippen molar-refractivity contribution >= 4 is 5.91 Å². The zero-order valence-corrected chi connectivity index (χ0v) is 8.59. The summed E-state index contributed by atoms with van der Waals surface area (Å²) in [5, 5.41) is 11.3. The number of aliphatic hydroxyl groups is 1. The van der Waals surface area contributed by atoms with Crippen LogP contribution in [0.1, 0.15) is 27.2 Å². The topological polar surface area (TPSA) is 58.6 Å². The molecule has 0 saturated heterocycles. The number of carbonyl (C=O) groups is 1. The molecule has 0 heterocycles. The second kappa shape index (κ2) is 5.94. The first kappa shape index (κ1) is 12.4. The van der Waals surface area contributed by atoms with Crippen LogP contribution in [0.3, 0.4) is 0 Å². The highest BCUT2D eigenvalue weighted by Crippen LogP contribution is 2.12. The summed E-state index contributed by atoms with van der Waals surface area (Å²) in [4.78, 5) is 10.5. The molecule has 4 nitrogen and oxygen atoms in total. The number of hydrogen-bond acceptors (Lipinski definition) is 3. The van der Waals surface area contributed by atoms with Gasteiger partial charge < -0.3 is 15.2 Å². The van der Waals surface area contributed by atoms with Crippen LogP contribution < -0.4 is 5.32 Å². The fourth-order valence-electron chi connectivity index (χ4n) is 0.896. The third-order valence-electron chi connectivity index (χ3n) is 1.68. The molecule has 0 aromatic heterocycles. The van der Waals surface area contributed by atoms with Gasteiger partial charge >= 0.3 is 0 Å². The third-order valence-corrected chi connectivity index (χ3v) is 1.68. The van der Waals surface area contributed by atoms with Crippen LogP contribution in [0, 0.1) is 0 Å². The van der Waals surface area contributed by atoms with E-state index in [2.05, 4.69) is 5.32 Å². The summed E-state index contributed by atoms with van der Waals surface area (Å²) < 4.78 is 5.45. The van der Waals surface area contributed by atoms with Crippen molar-refractivity contribution in [1.82, 2.24) is 5.32 Å². The molecule has 0 unspecified atom stereocenters. The summed E-state index contributed by atoms with van der Waals surface area (Å²) in [7, 11) is 0. The molecule has 0 aromatic carbocycles. The van der Waals surface area contributed by atoms with Crippen LogP contribution in [0.5, 0.6) is 0 Å². The van der Waals surface area contributed by atoms with Crippen molar-refractivity contribution in [1.29, 1.82) is 0 Å². The average molecular weight is 189 g/mol. The van der Waals surface area contributed by atoms with Crippen LogP contribution >= 0.6 is 0 Å². The molecule has 0 aliphatic rings. The number of rotatable bonds is 6. The average Bonchev–Trinajstić information content (AvgIpc) is 1.98. The van der Waals surface area contributed by atoms with E-state index in [1.54, 1.807) is 0 Å². The quantitative estimate of drug-likeness (QED) is 0.591. The zero-order valence-electron chi connectivity index (χ0n) is 8.59. The van der Waals surface area contributed by atoms with Gasteiger partial charge in [0.2, 0.25) is 5.91 Å². The highest BCUT2D eigenvalue weighted by atomic mass is 16.5. The summed E-state index contributed by atoms with van der Waals surface area (Å²) in [5.74, 6) is -0.0523. The summed E-state index contributed by atoms with van der Waals surface area (Å²) >= 11 is 0. The van der Waals surface area contributed by atoms with Crippen molar-refractivity contribution in [3.05, 3.63) is 0 Å². The highest BCUT2D eigenvalue weighted by molar-refractivity contribution is 5.72. The summed E-state index contributed by atoms with van der Waals surface area (Å²) in [6.07, 6.45) is 0.604. The standard InChI is InChI=1S/C9H19NO3/c1-8(12)10-5-7-13-9(2,3)4-6-11/h11H,4-7H2,1-3H3,(H,10,12). The Morgan fingerprint density at radius 2 is 2.15 bits per heavy atom. The van der Waals surface area contributed by atoms with Gasteiger partial charge in [-0.1, -0.05) is 0 Å². The third kappa shape index (κ3) is 7.74. The SMILES string of the molecule is CC(=O)NCCOC(C)(C)CCO. The number of amides is 1. The van der Waals surface area contributed by atoms with E-state index in [0.717, 1.165) is 0 Å². The lowest BCUT2D eigenvalue weighted by Gasteiger charge is -2.24. The van der Waals surface area contributed by atoms with Crippen molar-refractivity contribution in [2.24, 2.45) is 0 Å². The molecule has 0 aliphatic heterocycles. The first-order valence-electron chi connectivity index (χ1n) is 4.47. The maximum absolute atomic E-state index is 10.5. The first-order chi connectivity index (χ1) is 5.98. The Kier molecular flexibility index (Phi) is 5.66. The highest BCUT2D eigenvalue weighted by Gasteiger charge is 2.16. The molecule has 0 fully saturated rings. The molecule has 1 amide bonds. The van der Waals surface area contributed by atoms with E-state index in [0.29, 0.717) is 19.6 Å². The van der Waals surface area contributed by atoms with Crippen LogP contribution in [0.15, 0.2) is 0 Å². The Hall–Kier alpha value is -0.610. The second-order valence-corrected chi connectivity index (χ2v) is 3.56. The molecule has 78 valence electrons. The number of ether oxygens (including phenoxy) is 1. The van der Waals surface area contributed by atoms with Gasteiger partial charge in [0.25, 0.3) is 0 Å². The van der Waals surface area contributed by atoms with Gasteiger partial charge in [0.05, 0.1) is 12.2 Å². The Morgan fingerprint density at radius 1 is 1.54 bits per heavy atom. The minimum absolute atomic E-state index is 0.0523. The van der Waals surface area contributed by atoms with Gasteiger partial charge in [0.15, 0.2) is 0 Å². The van der Waals surface area contributed by atoms with Gasteiger partial charge in [-0.15, -0.1) is 0 Å². The van der Waals surface area contributed by atoms with Crippen LogP contribution in [-0.4, -0.2) is 36.4 Å². The smallest absolute Gasteiger partial charge is 0.216 e. The fraction of sp³-hybridized carbons (Fsp3) is 0.889. The monoisotopic (exact) mass is 189 g/mol. The number of hydrogen-bond donors (Lipinski definition) is 2. The Balaban J connectivity index is 3.45. The van der Waals surface area contributed by atoms with E-state index in [1.807, 2.05) is 13.8 Å². The molecule has 0 bridgehead atoms. The van der Waals surface area contributed by atoms with E-state index in [9.17, 15) is 4.79 Å². The number of carbonyl (C=O) groups excluding carboxylic acids is 1. The van der Waals surface area contributed by atoms with Gasteiger partial charge in [-0.2, -0.15) is 0 Å². The van der Waals surface area contributed by atoms with Crippen molar-refractivity contribution in [3.63, 3.8) is 0 Å². The Morgan fingerprint density at radius 3 is 2.62 bits per heavy atom. The minimum atomic E-state index is -0.312. The maximum atomic E-state index is 10.5. The van der Waals surface area contributed by atoms with Crippen LogP contribution in [0.4, 0.5) is 0 Å². The maximum Gasteiger partial charge on any atom is 0.216 e. The summed E-state index contributed by atoms with van der Waals surface area (Å²) in [5.41, 5.74) is -0.312. The largest absolute Gasteiger partial charge is 0.396 e. The van der Waals surface area contributed by atoms with Crippen LogP contribution in [0.25, 0.3) is 0 Å². The molecular formula is C9H19NO3. The van der Waals surface area contributed by atoms with Gasteiger partial charge in [0, 0.05) is 20.1 Å². The molecule has 0 atom stereocenters. The molecule has 0 aromatic rings. The lowest BCUT2D eigenvalue weighted by Crippen LogP contribution is -2.31. The van der Waals surface area contributed by atoms with Crippen LogP contribution in [-0.2, 0) is 9.53 Å². The van der Waals surface area contributed by atoms with Crippen LogP contribution in [0.2, 0.25) is 0 Å². The van der Waals surface area contributed by atoms with Gasteiger partial charge in [-0.3, -0.25) is 4.79 Å². The van der Waals surface area contributed by atoms with E-state index >= 15 is 0 Å². The van der Waals surface area contributed by atoms with E-state index in [4.69, 9.17) is 9.84 Å². The van der Waals surface area contributed by atoms with Gasteiger partial charge in [-0.05, 0) is 20.3 Å². The first-order valence-corrected chi connectivity index (χ1v) is 4.47. The molecule has 0 spiro atoms.